The molecule has 1 heteroatoms. The van der Waals surface area contributed by atoms with Crippen LogP contribution >= 0.6 is 0 Å². The molecule has 1 nitrogen and oxygen atoms in total. The molecular weight excluding hydrogens is 627 g/mol. The maximum Gasteiger partial charge on any atom is 0.0584 e. The van der Waals surface area contributed by atoms with E-state index < -0.39 is 0 Å². The molecule has 10 aromatic rings. The van der Waals surface area contributed by atoms with Crippen LogP contribution in [0.15, 0.2) is 176 Å². The predicted octanol–water partition coefficient (Wildman–Crippen LogP) is 13.8. The lowest BCUT2D eigenvalue weighted by Gasteiger charge is -2.21. The molecule has 52 heavy (non-hydrogen) atoms. The molecule has 0 fully saturated rings. The Morgan fingerprint density at radius 2 is 0.981 bits per heavy atom. The van der Waals surface area contributed by atoms with Crippen LogP contribution < -0.4 is 0 Å². The molecule has 0 N–H and O–H groups in total. The molecule has 0 saturated heterocycles. The Morgan fingerprint density at radius 3 is 1.69 bits per heavy atom. The minimum atomic E-state index is -0.125. The van der Waals surface area contributed by atoms with E-state index in [1.807, 2.05) is 0 Å². The molecular formula is C51H35N. The van der Waals surface area contributed by atoms with E-state index in [9.17, 15) is 0 Å². The van der Waals surface area contributed by atoms with Crippen molar-refractivity contribution in [1.29, 1.82) is 0 Å². The molecule has 0 saturated carbocycles. The molecule has 1 aliphatic carbocycles. The van der Waals surface area contributed by atoms with E-state index in [-0.39, 0.29) is 5.41 Å². The van der Waals surface area contributed by atoms with Gasteiger partial charge in [-0.3, -0.25) is 0 Å². The Kier molecular flexibility index (Phi) is 6.08. The van der Waals surface area contributed by atoms with Gasteiger partial charge in [-0.25, -0.2) is 0 Å². The van der Waals surface area contributed by atoms with Crippen molar-refractivity contribution in [2.75, 3.05) is 0 Å². The zero-order chi connectivity index (χ0) is 34.6. The summed E-state index contributed by atoms with van der Waals surface area (Å²) < 4.78 is 2.49. The highest BCUT2D eigenvalue weighted by atomic mass is 15.0. The Balaban J connectivity index is 1.14. The van der Waals surface area contributed by atoms with Gasteiger partial charge in [0.15, 0.2) is 0 Å². The number of nitrogens with zero attached hydrogens (tertiary/aromatic N) is 1. The second kappa shape index (κ2) is 10.8. The van der Waals surface area contributed by atoms with Crippen molar-refractivity contribution in [3.8, 4) is 50.3 Å². The summed E-state index contributed by atoms with van der Waals surface area (Å²) in [6.45, 7) is 4.78. The molecule has 0 aliphatic heterocycles. The van der Waals surface area contributed by atoms with Crippen LogP contribution in [-0.4, -0.2) is 4.57 Å². The minimum Gasteiger partial charge on any atom is -0.309 e. The van der Waals surface area contributed by atoms with Gasteiger partial charge in [0.25, 0.3) is 0 Å². The zero-order valence-electron chi connectivity index (χ0n) is 29.2. The summed E-state index contributed by atoms with van der Waals surface area (Å²) >= 11 is 0. The summed E-state index contributed by atoms with van der Waals surface area (Å²) in [7, 11) is 0. The zero-order valence-corrected chi connectivity index (χ0v) is 29.2. The van der Waals surface area contributed by atoms with Crippen LogP contribution in [0.25, 0.3) is 93.5 Å². The average Bonchev–Trinajstić information content (AvgIpc) is 3.67. The van der Waals surface area contributed by atoms with E-state index in [0.717, 1.165) is 0 Å². The third-order valence-electron chi connectivity index (χ3n) is 11.7. The molecule has 0 atom stereocenters. The first-order chi connectivity index (χ1) is 25.6. The fourth-order valence-corrected chi connectivity index (χ4v) is 9.36. The van der Waals surface area contributed by atoms with Gasteiger partial charge in [0.2, 0.25) is 0 Å². The second-order valence-corrected chi connectivity index (χ2v) is 14.9. The number of hydrogen-bond donors (Lipinski definition) is 0. The van der Waals surface area contributed by atoms with Gasteiger partial charge in [0.05, 0.1) is 11.2 Å². The van der Waals surface area contributed by atoms with Crippen molar-refractivity contribution in [2.45, 2.75) is 19.3 Å². The molecule has 1 heterocycles. The Bertz CT molecular complexity index is 3020. The van der Waals surface area contributed by atoms with Gasteiger partial charge < -0.3 is 4.57 Å². The van der Waals surface area contributed by atoms with E-state index >= 15 is 0 Å². The first-order valence-corrected chi connectivity index (χ1v) is 18.3. The highest BCUT2D eigenvalue weighted by Gasteiger charge is 2.40. The number of para-hydroxylation sites is 1. The molecule has 1 aromatic heterocycles. The Morgan fingerprint density at radius 1 is 0.404 bits per heavy atom. The summed E-state index contributed by atoms with van der Waals surface area (Å²) in [5.74, 6) is 0. The first-order valence-electron chi connectivity index (χ1n) is 18.3. The van der Waals surface area contributed by atoms with Gasteiger partial charge in [-0.15, -0.1) is 0 Å². The maximum atomic E-state index is 2.49. The van der Waals surface area contributed by atoms with Crippen molar-refractivity contribution in [3.63, 3.8) is 0 Å². The third-order valence-corrected chi connectivity index (χ3v) is 11.7. The molecule has 0 amide bonds. The Labute approximate surface area is 303 Å². The van der Waals surface area contributed by atoms with E-state index in [4.69, 9.17) is 0 Å². The average molecular weight is 662 g/mol. The van der Waals surface area contributed by atoms with E-state index in [1.54, 1.807) is 0 Å². The lowest BCUT2D eigenvalue weighted by Crippen LogP contribution is -2.14. The molecule has 244 valence electrons. The van der Waals surface area contributed by atoms with Crippen LogP contribution in [0.2, 0.25) is 0 Å². The van der Waals surface area contributed by atoms with Gasteiger partial charge in [0, 0.05) is 22.1 Å². The van der Waals surface area contributed by atoms with Crippen LogP contribution in [0.5, 0.6) is 0 Å². The van der Waals surface area contributed by atoms with Crippen molar-refractivity contribution >= 4 is 43.2 Å². The topological polar surface area (TPSA) is 4.93 Å². The quantitative estimate of drug-likeness (QED) is 0.165. The molecule has 9 aromatic carbocycles. The van der Waals surface area contributed by atoms with E-state index in [0.29, 0.717) is 0 Å². The van der Waals surface area contributed by atoms with Crippen LogP contribution in [0.3, 0.4) is 0 Å². The number of benzene rings is 9. The SMILES string of the molecule is CC1(C)c2ccccc2-c2c1c1cc(-c3ccc4ccc5c(-c6cccc(-c7ccccc7)c6)ccc6ccc3c4c65)ccc1n2-c1ccccc1. The summed E-state index contributed by atoms with van der Waals surface area (Å²) in [6.07, 6.45) is 0. The summed E-state index contributed by atoms with van der Waals surface area (Å²) in [5.41, 5.74) is 15.3. The normalized spacial score (nSPS) is 13.3. The van der Waals surface area contributed by atoms with Gasteiger partial charge in [-0.1, -0.05) is 159 Å². The number of aromatic nitrogens is 1. The van der Waals surface area contributed by atoms with Crippen LogP contribution in [-0.2, 0) is 5.41 Å². The smallest absolute Gasteiger partial charge is 0.0584 e. The standard InChI is InChI=1S/C51H35N/c1-51(2)45-19-10-9-18-43(45)50-49(51)44-31-37(24-29-46(44)52(50)38-16-7-4-8-17-38)40-26-21-34-22-27-41-39(25-20-33-23-28-42(40)48(34)47(33)41)36-15-11-14-35(30-36)32-12-5-3-6-13-32/h3-31H,1-2H3. The van der Waals surface area contributed by atoms with Crippen molar-refractivity contribution in [3.05, 3.63) is 187 Å². The Hall–Kier alpha value is -6.44. The maximum absolute atomic E-state index is 2.49. The monoisotopic (exact) mass is 661 g/mol. The van der Waals surface area contributed by atoms with Gasteiger partial charge in [-0.05, 0) is 107 Å². The fraction of sp³-hybridized carbons (Fsp3) is 0.0588. The van der Waals surface area contributed by atoms with Crippen LogP contribution in [0.1, 0.15) is 25.0 Å². The van der Waals surface area contributed by atoms with Crippen LogP contribution in [0.4, 0.5) is 0 Å². The summed E-state index contributed by atoms with van der Waals surface area (Å²) in [6, 6.07) is 65.2. The number of fused-ring (bicyclic) bond motifs is 5. The largest absolute Gasteiger partial charge is 0.309 e. The molecule has 0 unspecified atom stereocenters. The lowest BCUT2D eigenvalue weighted by atomic mass is 9.81. The molecule has 11 rings (SSSR count). The lowest BCUT2D eigenvalue weighted by molar-refractivity contribution is 0.666. The summed E-state index contributed by atoms with van der Waals surface area (Å²) in [5, 5.41) is 9.16. The highest BCUT2D eigenvalue weighted by Crippen LogP contribution is 2.54. The highest BCUT2D eigenvalue weighted by molar-refractivity contribution is 6.27. The minimum absolute atomic E-state index is 0.125. The van der Waals surface area contributed by atoms with Crippen molar-refractivity contribution < 1.29 is 0 Å². The first kappa shape index (κ1) is 29.3. The molecule has 0 radical (unpaired) electrons. The number of hydrogen-bond acceptors (Lipinski definition) is 0. The van der Waals surface area contributed by atoms with Crippen molar-refractivity contribution in [1.82, 2.24) is 4.57 Å². The fourth-order valence-electron chi connectivity index (χ4n) is 9.36. The second-order valence-electron chi connectivity index (χ2n) is 14.9. The van der Waals surface area contributed by atoms with Crippen molar-refractivity contribution in [2.24, 2.45) is 0 Å². The van der Waals surface area contributed by atoms with E-state index in [1.165, 1.54) is 105 Å². The summed E-state index contributed by atoms with van der Waals surface area (Å²) in [4.78, 5) is 0. The molecule has 1 aliphatic rings. The molecule has 0 spiro atoms. The predicted molar refractivity (Wildman–Crippen MR) is 221 cm³/mol. The molecule has 0 bridgehead atoms. The van der Waals surface area contributed by atoms with Gasteiger partial charge in [-0.2, -0.15) is 0 Å². The third kappa shape index (κ3) is 4.05. The van der Waals surface area contributed by atoms with Gasteiger partial charge >= 0.3 is 0 Å². The van der Waals surface area contributed by atoms with Crippen LogP contribution in [0, 0.1) is 0 Å². The van der Waals surface area contributed by atoms with Gasteiger partial charge in [0.1, 0.15) is 0 Å². The van der Waals surface area contributed by atoms with E-state index in [2.05, 4.69) is 194 Å². The number of rotatable bonds is 4.